The van der Waals surface area contributed by atoms with E-state index in [0.717, 1.165) is 11.1 Å². The number of halogens is 3. The molecule has 1 saturated heterocycles. The molecule has 22 heavy (non-hydrogen) atoms. The van der Waals surface area contributed by atoms with E-state index in [-0.39, 0.29) is 17.5 Å². The molecule has 1 atom stereocenters. The molecule has 0 saturated carbocycles. The van der Waals surface area contributed by atoms with E-state index in [4.69, 9.17) is 11.6 Å². The molecule has 1 aromatic carbocycles. The van der Waals surface area contributed by atoms with E-state index in [0.29, 0.717) is 6.54 Å². The topological polar surface area (TPSA) is 49.4 Å². The molecule has 0 aromatic heterocycles. The largest absolute Gasteiger partial charge is 0.347 e. The van der Waals surface area contributed by atoms with Gasteiger partial charge in [-0.1, -0.05) is 73.8 Å². The van der Waals surface area contributed by atoms with Crippen molar-refractivity contribution in [1.82, 2.24) is 10.2 Å². The van der Waals surface area contributed by atoms with Crippen LogP contribution in [0.25, 0.3) is 0 Å². The number of alkyl halides is 3. The highest BCUT2D eigenvalue weighted by molar-refractivity contribution is 9.26. The Morgan fingerprint density at radius 1 is 1.32 bits per heavy atom. The minimum Gasteiger partial charge on any atom is -0.347 e. The third kappa shape index (κ3) is 3.24. The number of β-lactam (4-membered cyclic amide) rings is 1. The number of carbonyl (C=O) groups excluding carboxylic acids is 2. The molecule has 1 heterocycles. The molecule has 2 rings (SSSR count). The van der Waals surface area contributed by atoms with Crippen LogP contribution in [0.15, 0.2) is 41.6 Å². The normalized spacial score (nSPS) is 19.4. The third-order valence-corrected chi connectivity index (χ3v) is 5.85. The van der Waals surface area contributed by atoms with Crippen molar-refractivity contribution in [3.05, 3.63) is 47.2 Å². The molecule has 118 valence electrons. The molecule has 1 aliphatic heterocycles. The number of allylic oxidation sites excluding steroid dienone is 1. The lowest BCUT2D eigenvalue weighted by atomic mass is 10.1. The van der Waals surface area contributed by atoms with E-state index >= 15 is 0 Å². The summed E-state index contributed by atoms with van der Waals surface area (Å²) in [5.41, 5.74) is 1.32. The molecule has 1 aromatic rings. The average Bonchev–Trinajstić information content (AvgIpc) is 2.50. The zero-order chi connectivity index (χ0) is 16.5. The maximum absolute atomic E-state index is 12.4. The molecule has 0 aliphatic carbocycles. The number of likely N-dealkylation sites (tertiary alicyclic amines) is 1. The van der Waals surface area contributed by atoms with E-state index < -0.39 is 8.73 Å². The highest BCUT2D eigenvalue weighted by Crippen LogP contribution is 2.48. The molecule has 2 amide bonds. The summed E-state index contributed by atoms with van der Waals surface area (Å²) in [4.78, 5) is 25.9. The number of hydrogen-bond donors (Lipinski definition) is 1. The predicted molar refractivity (Wildman–Crippen MR) is 93.7 cm³/mol. The first-order chi connectivity index (χ1) is 10.3. The zero-order valence-electron chi connectivity index (χ0n) is 12.1. The van der Waals surface area contributed by atoms with E-state index in [9.17, 15) is 9.59 Å². The summed E-state index contributed by atoms with van der Waals surface area (Å²) in [7, 11) is 0. The quantitative estimate of drug-likeness (QED) is 0.330. The Morgan fingerprint density at radius 3 is 2.41 bits per heavy atom. The molecule has 0 radical (unpaired) electrons. The Labute approximate surface area is 151 Å². The number of amides is 2. The van der Waals surface area contributed by atoms with Crippen molar-refractivity contribution in [2.75, 3.05) is 0 Å². The lowest BCUT2D eigenvalue weighted by Gasteiger charge is -2.47. The van der Waals surface area contributed by atoms with E-state index in [2.05, 4.69) is 37.2 Å². The molecule has 4 nitrogen and oxygen atoms in total. The van der Waals surface area contributed by atoms with Gasteiger partial charge in [0.15, 0.2) is 3.23 Å². The summed E-state index contributed by atoms with van der Waals surface area (Å²) in [6.45, 7) is 3.94. The summed E-state index contributed by atoms with van der Waals surface area (Å²) >= 11 is 12.6. The first-order valence-corrected chi connectivity index (χ1v) is 8.64. The van der Waals surface area contributed by atoms with Crippen LogP contribution in [0, 0.1) is 0 Å². The van der Waals surface area contributed by atoms with E-state index in [1.54, 1.807) is 13.8 Å². The van der Waals surface area contributed by atoms with Crippen molar-refractivity contribution in [2.24, 2.45) is 0 Å². The van der Waals surface area contributed by atoms with E-state index in [1.165, 1.54) is 4.90 Å². The van der Waals surface area contributed by atoms with Gasteiger partial charge in [0.1, 0.15) is 11.2 Å². The number of nitrogens with one attached hydrogen (secondary N) is 1. The van der Waals surface area contributed by atoms with Gasteiger partial charge < -0.3 is 5.32 Å². The van der Waals surface area contributed by atoms with Gasteiger partial charge >= 0.3 is 0 Å². The monoisotopic (exact) mass is 448 g/mol. The number of benzene rings is 1. The molecule has 1 unspecified atom stereocenters. The van der Waals surface area contributed by atoms with Gasteiger partial charge in [0.2, 0.25) is 0 Å². The van der Waals surface area contributed by atoms with Crippen LogP contribution in [-0.2, 0) is 16.1 Å². The number of rotatable bonds is 4. The van der Waals surface area contributed by atoms with Crippen LogP contribution in [0.3, 0.4) is 0 Å². The van der Waals surface area contributed by atoms with Crippen molar-refractivity contribution in [3.8, 4) is 0 Å². The van der Waals surface area contributed by atoms with Crippen LogP contribution in [0.4, 0.5) is 0 Å². The molecular weight excluding hydrogens is 435 g/mol. The molecule has 7 heteroatoms. The molecule has 1 fully saturated rings. The Morgan fingerprint density at radius 2 is 1.91 bits per heavy atom. The Hall–Kier alpha value is -0.850. The fourth-order valence-electron chi connectivity index (χ4n) is 2.12. The van der Waals surface area contributed by atoms with Gasteiger partial charge in [0.05, 0.1) is 0 Å². The highest BCUT2D eigenvalue weighted by Gasteiger charge is 2.59. The summed E-state index contributed by atoms with van der Waals surface area (Å²) in [6.07, 6.45) is 0. The van der Waals surface area contributed by atoms with Crippen LogP contribution in [0.2, 0.25) is 0 Å². The SMILES string of the molecule is CC(C)=C(C(=O)NCc1ccccc1)N1C(=O)C(Br)(Br)C1Cl. The van der Waals surface area contributed by atoms with Crippen molar-refractivity contribution in [3.63, 3.8) is 0 Å². The van der Waals surface area contributed by atoms with Crippen molar-refractivity contribution < 1.29 is 9.59 Å². The summed E-state index contributed by atoms with van der Waals surface area (Å²) in [5, 5.41) is 2.82. The zero-order valence-corrected chi connectivity index (χ0v) is 16.0. The molecule has 0 bridgehead atoms. The third-order valence-electron chi connectivity index (χ3n) is 3.26. The highest BCUT2D eigenvalue weighted by atomic mass is 79.9. The summed E-state index contributed by atoms with van der Waals surface area (Å²) in [5.74, 6) is -0.614. The second-order valence-electron chi connectivity index (χ2n) is 5.15. The van der Waals surface area contributed by atoms with Crippen LogP contribution in [-0.4, -0.2) is 25.4 Å². The minimum atomic E-state index is -1.01. The lowest BCUT2D eigenvalue weighted by Crippen LogP contribution is -2.66. The minimum absolute atomic E-state index is 0.287. The smallest absolute Gasteiger partial charge is 0.268 e. The fourth-order valence-corrected chi connectivity index (χ4v) is 3.19. The molecule has 0 spiro atoms. The maximum atomic E-state index is 12.4. The van der Waals surface area contributed by atoms with Crippen molar-refractivity contribution >= 4 is 55.3 Å². The average molecular weight is 451 g/mol. The number of nitrogens with zero attached hydrogens (tertiary/aromatic N) is 1. The predicted octanol–water partition coefficient (Wildman–Crippen LogP) is 3.49. The summed E-state index contributed by atoms with van der Waals surface area (Å²) in [6, 6.07) is 9.56. The van der Waals surface area contributed by atoms with Gasteiger partial charge in [-0.05, 0) is 25.0 Å². The second-order valence-corrected chi connectivity index (χ2v) is 9.13. The fraction of sp³-hybridized carbons (Fsp3) is 0.333. The van der Waals surface area contributed by atoms with Crippen LogP contribution >= 0.6 is 43.5 Å². The van der Waals surface area contributed by atoms with Crippen LogP contribution in [0.1, 0.15) is 19.4 Å². The first-order valence-electron chi connectivity index (χ1n) is 6.62. The first kappa shape index (κ1) is 17.5. The number of hydrogen-bond acceptors (Lipinski definition) is 2. The molecule has 1 aliphatic rings. The van der Waals surface area contributed by atoms with Gasteiger partial charge in [0, 0.05) is 6.54 Å². The van der Waals surface area contributed by atoms with Gasteiger partial charge in [0.25, 0.3) is 11.8 Å². The van der Waals surface area contributed by atoms with Crippen molar-refractivity contribution in [2.45, 2.75) is 29.1 Å². The Kier molecular flexibility index (Phi) is 5.35. The molecule has 1 N–H and O–H groups in total. The Balaban J connectivity index is 2.12. The second kappa shape index (κ2) is 6.72. The van der Waals surface area contributed by atoms with Gasteiger partial charge in [-0.15, -0.1) is 0 Å². The number of carbonyl (C=O) groups is 2. The van der Waals surface area contributed by atoms with E-state index in [1.807, 2.05) is 30.3 Å². The van der Waals surface area contributed by atoms with Crippen LogP contribution < -0.4 is 5.32 Å². The standard InChI is InChI=1S/C15H15Br2ClN2O2/c1-9(2)11(20-13(18)15(16,17)14(20)22)12(21)19-8-10-6-4-3-5-7-10/h3-7,13H,8H2,1-2H3,(H,19,21). The van der Waals surface area contributed by atoms with Gasteiger partial charge in [-0.25, -0.2) is 0 Å². The van der Waals surface area contributed by atoms with Crippen LogP contribution in [0.5, 0.6) is 0 Å². The Bertz CT molecular complexity index is 628. The maximum Gasteiger partial charge on any atom is 0.268 e. The lowest BCUT2D eigenvalue weighted by molar-refractivity contribution is -0.141. The van der Waals surface area contributed by atoms with Gasteiger partial charge in [-0.3, -0.25) is 14.5 Å². The summed E-state index contributed by atoms with van der Waals surface area (Å²) < 4.78 is -1.01. The van der Waals surface area contributed by atoms with Gasteiger partial charge in [-0.2, -0.15) is 0 Å². The van der Waals surface area contributed by atoms with Crippen molar-refractivity contribution in [1.29, 1.82) is 0 Å². The molecular formula is C15H15Br2ClN2O2.